The Morgan fingerprint density at radius 1 is 0.481 bits per heavy atom. The van der Waals surface area contributed by atoms with E-state index in [2.05, 4.69) is 86.8 Å². The molecule has 0 saturated heterocycles. The number of ether oxygens (including phenoxy) is 2. The Kier molecular flexibility index (Phi) is 43.1. The summed E-state index contributed by atoms with van der Waals surface area (Å²) in [4.78, 5) is 12.2. The first-order chi connectivity index (χ1) is 25.7. The predicted molar refractivity (Wildman–Crippen MR) is 228 cm³/mol. The van der Waals surface area contributed by atoms with Gasteiger partial charge < -0.3 is 14.6 Å². The lowest BCUT2D eigenvalue weighted by Crippen LogP contribution is -2.27. The Balaban J connectivity index is 3.48. The first-order valence-corrected chi connectivity index (χ1v) is 22.0. The fourth-order valence-corrected chi connectivity index (χ4v) is 6.00. The number of esters is 1. The standard InChI is InChI=1S/C48H84O4/c1-3-5-7-9-11-13-15-17-19-21-23-24-25-27-29-31-33-35-37-39-41-43-48(50)52-47(45-49)46-51-44-42-40-38-36-34-32-30-28-26-22-20-18-16-14-12-10-8-6-4-2/h5,7,11,13-14,16-17,19-20,22-24,47,49H,3-4,6,8-10,12,15,18,21,25-46H2,1-2H3/b7-5-,13-11-,16-14-,19-17-,22-20-,24-23-. The molecule has 0 fully saturated rings. The minimum absolute atomic E-state index is 0.181. The molecule has 0 aliphatic carbocycles. The van der Waals surface area contributed by atoms with Crippen molar-refractivity contribution >= 4 is 5.97 Å². The molecule has 0 aliphatic rings. The number of aliphatic hydroxyl groups is 1. The van der Waals surface area contributed by atoms with E-state index in [1.54, 1.807) is 0 Å². The molecule has 0 heterocycles. The maximum atomic E-state index is 12.2. The van der Waals surface area contributed by atoms with E-state index in [4.69, 9.17) is 9.47 Å². The largest absolute Gasteiger partial charge is 0.457 e. The SMILES string of the molecule is CC/C=C\C/C=C\C/C=C\C/C=C\CCCCCCCCCCC(=O)OC(CO)COCCCCCCCCCC/C=C\C/C=C\CCCCCC. The number of hydrogen-bond acceptors (Lipinski definition) is 4. The molecule has 0 aromatic carbocycles. The van der Waals surface area contributed by atoms with Gasteiger partial charge in [0.05, 0.1) is 13.2 Å². The Labute approximate surface area is 323 Å². The Hall–Kier alpha value is -2.17. The lowest BCUT2D eigenvalue weighted by atomic mass is 10.1. The van der Waals surface area contributed by atoms with Crippen molar-refractivity contribution in [2.75, 3.05) is 19.8 Å². The average Bonchev–Trinajstić information content (AvgIpc) is 3.15. The van der Waals surface area contributed by atoms with Crippen LogP contribution in [0, 0.1) is 0 Å². The Morgan fingerprint density at radius 3 is 1.31 bits per heavy atom. The minimum atomic E-state index is -0.546. The van der Waals surface area contributed by atoms with Gasteiger partial charge in [-0.2, -0.15) is 0 Å². The topological polar surface area (TPSA) is 55.8 Å². The summed E-state index contributed by atoms with van der Waals surface area (Å²) in [6, 6.07) is 0. The van der Waals surface area contributed by atoms with Crippen molar-refractivity contribution in [2.24, 2.45) is 0 Å². The van der Waals surface area contributed by atoms with Gasteiger partial charge in [0.25, 0.3) is 0 Å². The lowest BCUT2D eigenvalue weighted by molar-refractivity contribution is -0.154. The molecule has 1 atom stereocenters. The quantitative estimate of drug-likeness (QED) is 0.0388. The Morgan fingerprint density at radius 2 is 0.865 bits per heavy atom. The molecule has 4 heteroatoms. The number of allylic oxidation sites excluding steroid dienone is 12. The molecule has 0 aromatic rings. The summed E-state index contributed by atoms with van der Waals surface area (Å²) in [5.41, 5.74) is 0. The summed E-state index contributed by atoms with van der Waals surface area (Å²) >= 11 is 0. The highest BCUT2D eigenvalue weighted by Crippen LogP contribution is 2.13. The molecule has 0 aliphatic heterocycles. The van der Waals surface area contributed by atoms with E-state index in [-0.39, 0.29) is 19.2 Å². The van der Waals surface area contributed by atoms with Crippen LogP contribution >= 0.6 is 0 Å². The Bertz CT molecular complexity index is 896. The number of rotatable bonds is 40. The highest BCUT2D eigenvalue weighted by molar-refractivity contribution is 5.69. The van der Waals surface area contributed by atoms with E-state index in [0.29, 0.717) is 13.0 Å². The molecule has 0 rings (SSSR count). The van der Waals surface area contributed by atoms with Crippen LogP contribution in [0.5, 0.6) is 0 Å². The van der Waals surface area contributed by atoms with E-state index in [1.807, 2.05) is 0 Å². The van der Waals surface area contributed by atoms with Crippen molar-refractivity contribution < 1.29 is 19.4 Å². The molecular weight excluding hydrogens is 641 g/mol. The monoisotopic (exact) mass is 725 g/mol. The molecule has 1 unspecified atom stereocenters. The van der Waals surface area contributed by atoms with Gasteiger partial charge in [0.15, 0.2) is 0 Å². The van der Waals surface area contributed by atoms with Gasteiger partial charge in [0, 0.05) is 13.0 Å². The summed E-state index contributed by atoms with van der Waals surface area (Å²) in [5, 5.41) is 9.61. The smallest absolute Gasteiger partial charge is 0.306 e. The maximum Gasteiger partial charge on any atom is 0.306 e. The highest BCUT2D eigenvalue weighted by Gasteiger charge is 2.13. The summed E-state index contributed by atoms with van der Waals surface area (Å²) in [7, 11) is 0. The number of unbranched alkanes of at least 4 members (excludes halogenated alkanes) is 20. The minimum Gasteiger partial charge on any atom is -0.457 e. The molecule has 0 saturated carbocycles. The van der Waals surface area contributed by atoms with Gasteiger partial charge in [0.1, 0.15) is 6.10 Å². The van der Waals surface area contributed by atoms with Gasteiger partial charge in [-0.05, 0) is 83.5 Å². The maximum absolute atomic E-state index is 12.2. The highest BCUT2D eigenvalue weighted by atomic mass is 16.6. The van der Waals surface area contributed by atoms with Crippen LogP contribution in [0.4, 0.5) is 0 Å². The van der Waals surface area contributed by atoms with Crippen LogP contribution in [-0.2, 0) is 14.3 Å². The zero-order valence-corrected chi connectivity index (χ0v) is 34.3. The molecule has 0 amide bonds. The first-order valence-electron chi connectivity index (χ1n) is 22.0. The fourth-order valence-electron chi connectivity index (χ4n) is 6.00. The third-order valence-corrected chi connectivity index (χ3v) is 9.27. The zero-order valence-electron chi connectivity index (χ0n) is 34.3. The summed E-state index contributed by atoms with van der Waals surface area (Å²) in [5.74, 6) is -0.213. The van der Waals surface area contributed by atoms with Crippen molar-refractivity contribution in [1.29, 1.82) is 0 Å². The zero-order chi connectivity index (χ0) is 37.7. The van der Waals surface area contributed by atoms with Crippen LogP contribution in [0.1, 0.15) is 200 Å². The van der Waals surface area contributed by atoms with Crippen LogP contribution < -0.4 is 0 Å². The van der Waals surface area contributed by atoms with Crippen LogP contribution in [0.3, 0.4) is 0 Å². The van der Waals surface area contributed by atoms with Crippen LogP contribution in [-0.4, -0.2) is 37.0 Å². The molecule has 0 radical (unpaired) electrons. The lowest BCUT2D eigenvalue weighted by Gasteiger charge is -2.16. The molecule has 52 heavy (non-hydrogen) atoms. The second-order valence-corrected chi connectivity index (χ2v) is 14.4. The van der Waals surface area contributed by atoms with E-state index in [9.17, 15) is 9.90 Å². The van der Waals surface area contributed by atoms with Gasteiger partial charge in [-0.1, -0.05) is 183 Å². The summed E-state index contributed by atoms with van der Waals surface area (Å²) in [6.45, 7) is 5.20. The van der Waals surface area contributed by atoms with Crippen LogP contribution in [0.25, 0.3) is 0 Å². The molecule has 4 nitrogen and oxygen atoms in total. The van der Waals surface area contributed by atoms with Crippen molar-refractivity contribution in [1.82, 2.24) is 0 Å². The van der Waals surface area contributed by atoms with E-state index in [1.165, 1.54) is 128 Å². The second kappa shape index (κ2) is 45.0. The van der Waals surface area contributed by atoms with Gasteiger partial charge >= 0.3 is 5.97 Å². The van der Waals surface area contributed by atoms with Gasteiger partial charge in [0.2, 0.25) is 0 Å². The summed E-state index contributed by atoms with van der Waals surface area (Å²) in [6.07, 6.45) is 61.0. The molecule has 0 spiro atoms. The van der Waals surface area contributed by atoms with Crippen LogP contribution in [0.2, 0.25) is 0 Å². The average molecular weight is 725 g/mol. The van der Waals surface area contributed by atoms with Crippen LogP contribution in [0.15, 0.2) is 72.9 Å². The van der Waals surface area contributed by atoms with E-state index < -0.39 is 6.10 Å². The third-order valence-electron chi connectivity index (χ3n) is 9.27. The molecule has 1 N–H and O–H groups in total. The number of carbonyl (C=O) groups excluding carboxylic acids is 1. The summed E-state index contributed by atoms with van der Waals surface area (Å²) < 4.78 is 11.2. The predicted octanol–water partition coefficient (Wildman–Crippen LogP) is 14.6. The van der Waals surface area contributed by atoms with E-state index in [0.717, 1.165) is 51.4 Å². The van der Waals surface area contributed by atoms with Crippen molar-refractivity contribution in [3.05, 3.63) is 72.9 Å². The van der Waals surface area contributed by atoms with Gasteiger partial charge in [-0.3, -0.25) is 4.79 Å². The molecule has 0 aromatic heterocycles. The molecule has 0 bridgehead atoms. The third kappa shape index (κ3) is 42.2. The van der Waals surface area contributed by atoms with Crippen molar-refractivity contribution in [3.63, 3.8) is 0 Å². The van der Waals surface area contributed by atoms with E-state index >= 15 is 0 Å². The molecule has 300 valence electrons. The van der Waals surface area contributed by atoms with Gasteiger partial charge in [-0.15, -0.1) is 0 Å². The molecular formula is C48H84O4. The van der Waals surface area contributed by atoms with Gasteiger partial charge in [-0.25, -0.2) is 0 Å². The fraction of sp³-hybridized carbons (Fsp3) is 0.729. The van der Waals surface area contributed by atoms with Crippen molar-refractivity contribution in [3.8, 4) is 0 Å². The van der Waals surface area contributed by atoms with Crippen molar-refractivity contribution in [2.45, 2.75) is 206 Å². The second-order valence-electron chi connectivity index (χ2n) is 14.4. The first kappa shape index (κ1) is 49.8. The number of aliphatic hydroxyl groups excluding tert-OH is 1. The number of carbonyl (C=O) groups is 1. The normalized spacial score (nSPS) is 13.1. The number of hydrogen-bond donors (Lipinski definition) is 1.